The SMILES string of the molecule is Cc1ccc2c(c1)=C/C(=C\c1nc(-c3ccccc3)oc1O)C(=[N+]1CCOCC1)N=2. The molecule has 1 N–H and O–H groups in total. The molecule has 150 valence electrons. The first kappa shape index (κ1) is 18.5. The minimum Gasteiger partial charge on any atom is -0.479 e. The predicted molar refractivity (Wildman–Crippen MR) is 114 cm³/mol. The summed E-state index contributed by atoms with van der Waals surface area (Å²) in [5.41, 5.74) is 3.26. The Morgan fingerprint density at radius 3 is 2.67 bits per heavy atom. The third-order valence-electron chi connectivity index (χ3n) is 5.24. The van der Waals surface area contributed by atoms with Gasteiger partial charge in [0.1, 0.15) is 18.8 Å². The van der Waals surface area contributed by atoms with Crippen molar-refractivity contribution in [1.82, 2.24) is 4.98 Å². The lowest BCUT2D eigenvalue weighted by atomic mass is 10.1. The monoisotopic (exact) mass is 400 g/mol. The summed E-state index contributed by atoms with van der Waals surface area (Å²) < 4.78 is 13.2. The molecule has 2 aliphatic heterocycles. The minimum absolute atomic E-state index is 0.203. The molecule has 6 heteroatoms. The quantitative estimate of drug-likeness (QED) is 0.670. The molecule has 0 aliphatic carbocycles. The number of ether oxygens (including phenoxy) is 1. The maximum atomic E-state index is 10.4. The average Bonchev–Trinajstić information content (AvgIpc) is 3.15. The van der Waals surface area contributed by atoms with Gasteiger partial charge in [-0.15, -0.1) is 0 Å². The zero-order chi connectivity index (χ0) is 20.5. The zero-order valence-corrected chi connectivity index (χ0v) is 16.7. The van der Waals surface area contributed by atoms with Crippen LogP contribution in [0.1, 0.15) is 11.3 Å². The number of rotatable bonds is 2. The van der Waals surface area contributed by atoms with Crippen LogP contribution in [0.2, 0.25) is 0 Å². The highest BCUT2D eigenvalue weighted by molar-refractivity contribution is 6.08. The number of hydrogen-bond donors (Lipinski definition) is 1. The summed E-state index contributed by atoms with van der Waals surface area (Å²) in [4.78, 5) is 9.45. The zero-order valence-electron chi connectivity index (χ0n) is 16.7. The van der Waals surface area contributed by atoms with Crippen molar-refractivity contribution in [2.45, 2.75) is 6.92 Å². The van der Waals surface area contributed by atoms with E-state index in [2.05, 4.69) is 34.7 Å². The summed E-state index contributed by atoms with van der Waals surface area (Å²) in [6.07, 6.45) is 3.93. The van der Waals surface area contributed by atoms with Crippen molar-refractivity contribution in [3.63, 3.8) is 0 Å². The Labute approximate surface area is 173 Å². The molecule has 0 spiro atoms. The van der Waals surface area contributed by atoms with Gasteiger partial charge in [0.15, 0.2) is 5.36 Å². The van der Waals surface area contributed by atoms with Crippen LogP contribution in [-0.2, 0) is 4.74 Å². The Balaban J connectivity index is 1.65. The number of benzene rings is 2. The van der Waals surface area contributed by atoms with Crippen molar-refractivity contribution >= 4 is 18.0 Å². The molecule has 0 unspecified atom stereocenters. The Morgan fingerprint density at radius 2 is 1.87 bits per heavy atom. The van der Waals surface area contributed by atoms with Gasteiger partial charge in [-0.25, -0.2) is 4.98 Å². The number of nitrogens with zero attached hydrogens (tertiary/aromatic N) is 3. The first-order valence-electron chi connectivity index (χ1n) is 10.0. The fraction of sp³-hybridized carbons (Fsp3) is 0.208. The van der Waals surface area contributed by atoms with E-state index >= 15 is 0 Å². The van der Waals surface area contributed by atoms with Crippen LogP contribution in [0.5, 0.6) is 5.95 Å². The third kappa shape index (κ3) is 3.57. The number of oxazole rings is 1. The average molecular weight is 400 g/mol. The maximum absolute atomic E-state index is 10.4. The second-order valence-corrected chi connectivity index (χ2v) is 7.42. The molecule has 30 heavy (non-hydrogen) atoms. The molecule has 3 aromatic rings. The predicted octanol–water partition coefficient (Wildman–Crippen LogP) is 2.29. The Kier molecular flexibility index (Phi) is 4.77. The smallest absolute Gasteiger partial charge is 0.326 e. The van der Waals surface area contributed by atoms with Gasteiger partial charge in [0, 0.05) is 10.8 Å². The second kappa shape index (κ2) is 7.72. The third-order valence-corrected chi connectivity index (χ3v) is 5.24. The van der Waals surface area contributed by atoms with E-state index in [1.807, 2.05) is 42.5 Å². The molecule has 1 saturated heterocycles. The molecule has 3 heterocycles. The number of aryl methyl sites for hydroxylation is 1. The van der Waals surface area contributed by atoms with Gasteiger partial charge in [0.05, 0.1) is 18.8 Å². The van der Waals surface area contributed by atoms with E-state index in [1.54, 1.807) is 0 Å². The summed E-state index contributed by atoms with van der Waals surface area (Å²) in [5.74, 6) is 1.04. The molecule has 2 aliphatic rings. The van der Waals surface area contributed by atoms with E-state index in [0.717, 1.165) is 40.6 Å². The van der Waals surface area contributed by atoms with Gasteiger partial charge in [0.2, 0.25) is 5.89 Å². The Bertz CT molecular complexity index is 1280. The lowest BCUT2D eigenvalue weighted by molar-refractivity contribution is -0.549. The highest BCUT2D eigenvalue weighted by atomic mass is 16.5. The van der Waals surface area contributed by atoms with Gasteiger partial charge in [-0.05, 0) is 48.3 Å². The maximum Gasteiger partial charge on any atom is 0.326 e. The van der Waals surface area contributed by atoms with Crippen molar-refractivity contribution in [2.24, 2.45) is 4.99 Å². The van der Waals surface area contributed by atoms with Crippen LogP contribution in [0, 0.1) is 6.92 Å². The van der Waals surface area contributed by atoms with Gasteiger partial charge >= 0.3 is 11.8 Å². The lowest BCUT2D eigenvalue weighted by Crippen LogP contribution is -2.38. The van der Waals surface area contributed by atoms with Crippen LogP contribution < -0.4 is 10.6 Å². The summed E-state index contributed by atoms with van der Waals surface area (Å²) in [6, 6.07) is 15.8. The molecule has 6 nitrogen and oxygen atoms in total. The summed E-state index contributed by atoms with van der Waals surface area (Å²) in [6.45, 7) is 4.94. The van der Waals surface area contributed by atoms with E-state index < -0.39 is 0 Å². The Morgan fingerprint density at radius 1 is 1.07 bits per heavy atom. The van der Waals surface area contributed by atoms with Gasteiger partial charge in [-0.3, -0.25) is 4.58 Å². The van der Waals surface area contributed by atoms with Gasteiger partial charge in [0.25, 0.3) is 0 Å². The van der Waals surface area contributed by atoms with Crippen molar-refractivity contribution in [3.8, 4) is 17.4 Å². The first-order valence-corrected chi connectivity index (χ1v) is 10.0. The van der Waals surface area contributed by atoms with Crippen molar-refractivity contribution < 1.29 is 18.8 Å². The number of amidine groups is 1. The minimum atomic E-state index is -0.203. The number of hydrogen-bond acceptors (Lipinski definition) is 4. The fourth-order valence-electron chi connectivity index (χ4n) is 3.71. The molecule has 0 amide bonds. The molecule has 1 fully saturated rings. The van der Waals surface area contributed by atoms with E-state index in [0.29, 0.717) is 24.8 Å². The molecular weight excluding hydrogens is 378 g/mol. The molecular formula is C24H22N3O3+. The topological polar surface area (TPSA) is 70.9 Å². The lowest BCUT2D eigenvalue weighted by Gasteiger charge is -2.16. The van der Waals surface area contributed by atoms with Crippen LogP contribution in [0.15, 0.2) is 63.5 Å². The number of fused-ring (bicyclic) bond motifs is 1. The molecule has 0 saturated carbocycles. The molecule has 0 radical (unpaired) electrons. The van der Waals surface area contributed by atoms with Crippen LogP contribution in [0.25, 0.3) is 23.6 Å². The first-order chi connectivity index (χ1) is 14.7. The fourth-order valence-corrected chi connectivity index (χ4v) is 3.71. The van der Waals surface area contributed by atoms with Crippen LogP contribution >= 0.6 is 0 Å². The largest absolute Gasteiger partial charge is 0.479 e. The number of aromatic hydroxyl groups is 1. The standard InChI is InChI=1S/C24H21N3O3/c1-16-7-8-20-18(13-16)14-19(22(25-20)27-9-11-29-12-10-27)15-21-24(28)30-23(26-21)17-5-3-2-4-6-17/h2-8,13-15H,9-12H2,1H3/p+1. The van der Waals surface area contributed by atoms with E-state index in [1.165, 1.54) is 5.56 Å². The van der Waals surface area contributed by atoms with Crippen molar-refractivity contribution in [3.05, 3.63) is 75.9 Å². The van der Waals surface area contributed by atoms with Gasteiger partial charge < -0.3 is 14.3 Å². The van der Waals surface area contributed by atoms with E-state index in [-0.39, 0.29) is 5.95 Å². The normalized spacial score (nSPS) is 17.4. The van der Waals surface area contributed by atoms with E-state index in [4.69, 9.17) is 14.1 Å². The molecule has 1 aromatic heterocycles. The summed E-state index contributed by atoms with van der Waals surface area (Å²) in [5, 5.41) is 12.4. The molecule has 0 atom stereocenters. The second-order valence-electron chi connectivity index (χ2n) is 7.42. The number of morpholine rings is 1. The van der Waals surface area contributed by atoms with Gasteiger partial charge in [-0.1, -0.05) is 29.8 Å². The highest BCUT2D eigenvalue weighted by Crippen LogP contribution is 2.28. The van der Waals surface area contributed by atoms with Gasteiger partial charge in [-0.2, -0.15) is 0 Å². The molecule has 2 aromatic carbocycles. The Hall–Kier alpha value is -3.51. The van der Waals surface area contributed by atoms with Crippen molar-refractivity contribution in [1.29, 1.82) is 0 Å². The summed E-state index contributed by atoms with van der Waals surface area (Å²) in [7, 11) is 0. The summed E-state index contributed by atoms with van der Waals surface area (Å²) >= 11 is 0. The van der Waals surface area contributed by atoms with Crippen LogP contribution in [0.4, 0.5) is 0 Å². The van der Waals surface area contributed by atoms with Crippen LogP contribution in [0.3, 0.4) is 0 Å². The highest BCUT2D eigenvalue weighted by Gasteiger charge is 2.24. The van der Waals surface area contributed by atoms with E-state index in [9.17, 15) is 5.11 Å². The van der Waals surface area contributed by atoms with Crippen molar-refractivity contribution in [2.75, 3.05) is 26.3 Å². The van der Waals surface area contributed by atoms with Crippen LogP contribution in [-0.4, -0.2) is 46.8 Å². The number of aromatic nitrogens is 1. The molecule has 0 bridgehead atoms. The molecule has 5 rings (SSSR count).